The number of hydrogen-bond donors (Lipinski definition) is 2. The van der Waals surface area contributed by atoms with E-state index in [0.29, 0.717) is 41.3 Å². The molecule has 0 aliphatic carbocycles. The molecule has 4 rings (SSSR count). The second kappa shape index (κ2) is 13.8. The Morgan fingerprint density at radius 3 is 2.28 bits per heavy atom. The van der Waals surface area contributed by atoms with E-state index >= 15 is 0 Å². The van der Waals surface area contributed by atoms with E-state index in [0.717, 1.165) is 42.6 Å². The van der Waals surface area contributed by atoms with Gasteiger partial charge >= 0.3 is 0 Å². The number of nitrogens with zero attached hydrogens (tertiary/aromatic N) is 2. The van der Waals surface area contributed by atoms with Gasteiger partial charge in [-0.1, -0.05) is 46.5 Å². The van der Waals surface area contributed by atoms with Crippen LogP contribution >= 0.6 is 48.0 Å². The number of carbonyl (C=O) groups excluding carboxylic acids is 2. The zero-order valence-electron chi connectivity index (χ0n) is 20.6. The Morgan fingerprint density at radius 1 is 0.972 bits per heavy atom. The second-order valence-electron chi connectivity index (χ2n) is 9.31. The number of carbonyl (C=O) groups is 2. The van der Waals surface area contributed by atoms with Crippen LogP contribution in [-0.4, -0.2) is 66.9 Å². The Morgan fingerprint density at radius 2 is 1.64 bits per heavy atom. The Kier molecular flexibility index (Phi) is 11.8. The van der Waals surface area contributed by atoms with Crippen molar-refractivity contribution in [2.45, 2.75) is 38.8 Å². The molecule has 0 radical (unpaired) electrons. The summed E-state index contributed by atoms with van der Waals surface area (Å²) in [5.74, 6) is 0.0184. The van der Waals surface area contributed by atoms with Crippen molar-refractivity contribution in [1.29, 1.82) is 0 Å². The molecule has 2 heterocycles. The van der Waals surface area contributed by atoms with E-state index in [9.17, 15) is 9.59 Å². The van der Waals surface area contributed by atoms with Crippen LogP contribution in [0.2, 0.25) is 10.0 Å². The SMILES string of the molecule is Cc1cc(C)cc(C(=O)N2CCN(C(=O)CNC3CCNCC3)C(c3ccc(Cl)c(Cl)c3)C2)c1.Cl.Cl. The summed E-state index contributed by atoms with van der Waals surface area (Å²) in [6.45, 7) is 7.57. The zero-order valence-corrected chi connectivity index (χ0v) is 23.7. The Balaban J connectivity index is 0.00000228. The number of rotatable bonds is 5. The van der Waals surface area contributed by atoms with E-state index in [-0.39, 0.29) is 49.2 Å². The van der Waals surface area contributed by atoms with Crippen molar-refractivity contribution in [1.82, 2.24) is 20.4 Å². The molecule has 6 nitrogen and oxygen atoms in total. The van der Waals surface area contributed by atoms with Crippen molar-refractivity contribution in [2.24, 2.45) is 0 Å². The van der Waals surface area contributed by atoms with Gasteiger partial charge in [-0.05, 0) is 69.6 Å². The average Bonchev–Trinajstić information content (AvgIpc) is 2.83. The van der Waals surface area contributed by atoms with E-state index in [1.807, 2.05) is 41.8 Å². The number of nitrogens with one attached hydrogen (secondary N) is 2. The molecule has 2 aliphatic rings. The highest BCUT2D eigenvalue weighted by molar-refractivity contribution is 6.42. The van der Waals surface area contributed by atoms with Crippen LogP contribution in [0.3, 0.4) is 0 Å². The molecule has 1 atom stereocenters. The number of hydrogen-bond acceptors (Lipinski definition) is 4. The van der Waals surface area contributed by atoms with Gasteiger partial charge in [-0.25, -0.2) is 0 Å². The van der Waals surface area contributed by atoms with Gasteiger partial charge in [0.2, 0.25) is 5.91 Å². The Labute approximate surface area is 235 Å². The van der Waals surface area contributed by atoms with Crippen molar-refractivity contribution in [2.75, 3.05) is 39.3 Å². The van der Waals surface area contributed by atoms with Gasteiger partial charge in [-0.3, -0.25) is 9.59 Å². The molecule has 0 spiro atoms. The lowest BCUT2D eigenvalue weighted by molar-refractivity contribution is -0.135. The molecule has 2 saturated heterocycles. The summed E-state index contributed by atoms with van der Waals surface area (Å²) in [6.07, 6.45) is 2.03. The van der Waals surface area contributed by atoms with Crippen molar-refractivity contribution in [3.63, 3.8) is 0 Å². The average molecular weight is 576 g/mol. The lowest BCUT2D eigenvalue weighted by Crippen LogP contribution is -2.54. The molecule has 10 heteroatoms. The summed E-state index contributed by atoms with van der Waals surface area (Å²) in [5, 5.41) is 7.68. The van der Waals surface area contributed by atoms with Gasteiger partial charge in [-0.15, -0.1) is 24.8 Å². The van der Waals surface area contributed by atoms with Gasteiger partial charge in [0.05, 0.1) is 22.6 Å². The summed E-state index contributed by atoms with van der Waals surface area (Å²) >= 11 is 12.5. The van der Waals surface area contributed by atoms with Crippen LogP contribution < -0.4 is 10.6 Å². The third-order valence-corrected chi connectivity index (χ3v) is 7.41. The summed E-state index contributed by atoms with van der Waals surface area (Å²) in [6, 6.07) is 11.4. The maximum Gasteiger partial charge on any atom is 0.254 e. The van der Waals surface area contributed by atoms with Gasteiger partial charge in [0.15, 0.2) is 0 Å². The first-order valence-electron chi connectivity index (χ1n) is 11.9. The van der Waals surface area contributed by atoms with Crippen molar-refractivity contribution < 1.29 is 9.59 Å². The molecule has 2 aromatic rings. The van der Waals surface area contributed by atoms with Crippen LogP contribution in [0.4, 0.5) is 0 Å². The van der Waals surface area contributed by atoms with Gasteiger partial charge in [-0.2, -0.15) is 0 Å². The van der Waals surface area contributed by atoms with Gasteiger partial charge in [0.1, 0.15) is 0 Å². The highest BCUT2D eigenvalue weighted by atomic mass is 35.5. The fourth-order valence-electron chi connectivity index (χ4n) is 4.91. The number of amides is 2. The van der Waals surface area contributed by atoms with Crippen molar-refractivity contribution in [3.8, 4) is 0 Å². The normalized spacial score (nSPS) is 18.3. The fraction of sp³-hybridized carbons (Fsp3) is 0.462. The topological polar surface area (TPSA) is 64.7 Å². The first-order valence-corrected chi connectivity index (χ1v) is 12.6. The lowest BCUT2D eigenvalue weighted by atomic mass is 10.0. The summed E-state index contributed by atoms with van der Waals surface area (Å²) in [7, 11) is 0. The molecule has 36 heavy (non-hydrogen) atoms. The third-order valence-electron chi connectivity index (χ3n) is 6.67. The number of aryl methyl sites for hydroxylation is 2. The van der Waals surface area contributed by atoms with Gasteiger partial charge in [0.25, 0.3) is 5.91 Å². The molecule has 2 aromatic carbocycles. The lowest BCUT2D eigenvalue weighted by Gasteiger charge is -2.42. The quantitative estimate of drug-likeness (QED) is 0.536. The number of halogens is 4. The molecule has 1 unspecified atom stereocenters. The van der Waals surface area contributed by atoms with Crippen molar-refractivity contribution in [3.05, 3.63) is 68.7 Å². The van der Waals surface area contributed by atoms with E-state index < -0.39 is 0 Å². The third kappa shape index (κ3) is 7.50. The summed E-state index contributed by atoms with van der Waals surface area (Å²) < 4.78 is 0. The predicted octanol–water partition coefficient (Wildman–Crippen LogP) is 4.82. The van der Waals surface area contributed by atoms with Crippen LogP contribution in [-0.2, 0) is 4.79 Å². The molecule has 0 aromatic heterocycles. The van der Waals surface area contributed by atoms with E-state index in [2.05, 4.69) is 16.7 Å². The smallest absolute Gasteiger partial charge is 0.254 e. The van der Waals surface area contributed by atoms with Crippen LogP contribution in [0.5, 0.6) is 0 Å². The van der Waals surface area contributed by atoms with E-state index in [4.69, 9.17) is 23.2 Å². The van der Waals surface area contributed by atoms with Gasteiger partial charge < -0.3 is 20.4 Å². The van der Waals surface area contributed by atoms with E-state index in [1.165, 1.54) is 0 Å². The largest absolute Gasteiger partial charge is 0.334 e. The Bertz CT molecular complexity index is 1040. The first-order chi connectivity index (χ1) is 16.3. The van der Waals surface area contributed by atoms with Gasteiger partial charge in [0, 0.05) is 31.2 Å². The van der Waals surface area contributed by atoms with Crippen LogP contribution in [0.25, 0.3) is 0 Å². The minimum Gasteiger partial charge on any atom is -0.334 e. The minimum absolute atomic E-state index is 0. The predicted molar refractivity (Wildman–Crippen MR) is 151 cm³/mol. The van der Waals surface area contributed by atoms with Crippen LogP contribution in [0.15, 0.2) is 36.4 Å². The molecule has 2 N–H and O–H groups in total. The number of piperazine rings is 1. The highest BCUT2D eigenvalue weighted by Gasteiger charge is 2.34. The maximum absolute atomic E-state index is 13.4. The second-order valence-corrected chi connectivity index (χ2v) is 10.1. The number of piperidine rings is 1. The molecule has 198 valence electrons. The summed E-state index contributed by atoms with van der Waals surface area (Å²) in [4.78, 5) is 30.4. The van der Waals surface area contributed by atoms with E-state index in [1.54, 1.807) is 12.1 Å². The first kappa shape index (κ1) is 30.7. The molecular formula is C26H34Cl4N4O2. The zero-order chi connectivity index (χ0) is 24.2. The molecule has 0 saturated carbocycles. The standard InChI is InChI=1S/C26H32Cl2N4O2.2ClH/c1-17-11-18(2)13-20(12-17)26(34)31-9-10-32(25(33)15-30-21-5-7-29-8-6-21)24(16-31)19-3-4-22(27)23(28)14-19;;/h3-4,11-14,21,24,29-30H,5-10,15-16H2,1-2H3;2*1H. The Hall–Kier alpha value is -1.54. The highest BCUT2D eigenvalue weighted by Crippen LogP contribution is 2.31. The summed E-state index contributed by atoms with van der Waals surface area (Å²) in [5.41, 5.74) is 3.67. The van der Waals surface area contributed by atoms with Crippen LogP contribution in [0, 0.1) is 13.8 Å². The maximum atomic E-state index is 13.4. The van der Waals surface area contributed by atoms with Crippen LogP contribution in [0.1, 0.15) is 45.9 Å². The molecule has 2 amide bonds. The molecule has 2 fully saturated rings. The molecular weight excluding hydrogens is 542 g/mol. The molecule has 2 aliphatic heterocycles. The molecule has 0 bridgehead atoms. The minimum atomic E-state index is -0.291. The van der Waals surface area contributed by atoms with Crippen molar-refractivity contribution >= 4 is 59.8 Å². The monoisotopic (exact) mass is 574 g/mol. The number of benzene rings is 2. The fourth-order valence-corrected chi connectivity index (χ4v) is 5.22.